The van der Waals surface area contributed by atoms with Crippen molar-refractivity contribution in [3.05, 3.63) is 24.3 Å². The van der Waals surface area contributed by atoms with E-state index in [4.69, 9.17) is 10.2 Å². The van der Waals surface area contributed by atoms with Crippen molar-refractivity contribution in [2.45, 2.75) is 135 Å². The summed E-state index contributed by atoms with van der Waals surface area (Å²) in [7, 11) is 0. The van der Waals surface area contributed by atoms with Crippen LogP contribution in [0.5, 0.6) is 0 Å². The van der Waals surface area contributed by atoms with E-state index in [0.717, 1.165) is 25.7 Å². The van der Waals surface area contributed by atoms with E-state index < -0.39 is 18.0 Å². The molecule has 1 atom stereocenters. The third kappa shape index (κ3) is 23.1. The van der Waals surface area contributed by atoms with E-state index in [1.54, 1.807) is 0 Å². The van der Waals surface area contributed by atoms with Crippen LogP contribution in [0, 0.1) is 0 Å². The molecule has 6 nitrogen and oxygen atoms in total. The Morgan fingerprint density at radius 3 is 1.74 bits per heavy atom. The van der Waals surface area contributed by atoms with E-state index in [9.17, 15) is 14.4 Å². The van der Waals surface area contributed by atoms with Crippen LogP contribution in [0.15, 0.2) is 24.3 Å². The van der Waals surface area contributed by atoms with Gasteiger partial charge in [0.2, 0.25) is 5.91 Å². The summed E-state index contributed by atoms with van der Waals surface area (Å²) < 4.78 is 0. The topological polar surface area (TPSA) is 104 Å². The van der Waals surface area contributed by atoms with Gasteiger partial charge in [0, 0.05) is 12.8 Å². The Morgan fingerprint density at radius 1 is 0.676 bits per heavy atom. The Hall–Kier alpha value is -2.11. The fourth-order valence-corrected chi connectivity index (χ4v) is 3.79. The number of carbonyl (C=O) groups excluding carboxylic acids is 1. The maximum absolute atomic E-state index is 11.9. The number of hydrogen-bond acceptors (Lipinski definition) is 3. The number of unbranched alkanes of at least 4 members (excludes halogenated alkanes) is 12. The maximum atomic E-state index is 11.9. The van der Waals surface area contributed by atoms with Gasteiger partial charge >= 0.3 is 11.9 Å². The van der Waals surface area contributed by atoms with Crippen molar-refractivity contribution in [2.24, 2.45) is 0 Å². The number of rotatable bonds is 24. The zero-order chi connectivity index (χ0) is 25.3. The Kier molecular flexibility index (Phi) is 22.5. The standard InChI is InChI=1S/C28H49NO5/c1-2-3-4-5-6-7-8-9-10-11-12-13-14-15-16-17-18-19-20-23-26(30)29-25(28(33)34)22-21-24-27(31)32/h6-7,9-10,25H,2-5,8,11-24H2,1H3,(H,29,30)(H,31,32)(H,33,34)/b7-6-,10-9-/t25-/m1/s1. The lowest BCUT2D eigenvalue weighted by molar-refractivity contribution is -0.142. The van der Waals surface area contributed by atoms with Gasteiger partial charge in [0.25, 0.3) is 0 Å². The highest BCUT2D eigenvalue weighted by molar-refractivity contribution is 5.83. The number of carbonyl (C=O) groups is 3. The molecule has 0 aromatic rings. The fourth-order valence-electron chi connectivity index (χ4n) is 3.79. The zero-order valence-corrected chi connectivity index (χ0v) is 21.4. The first-order valence-electron chi connectivity index (χ1n) is 13.5. The number of carboxylic acid groups (broad SMARTS) is 2. The average Bonchev–Trinajstić information content (AvgIpc) is 2.79. The van der Waals surface area contributed by atoms with Crippen LogP contribution in [0.25, 0.3) is 0 Å². The molecular formula is C28H49NO5. The second-order valence-corrected chi connectivity index (χ2v) is 9.14. The normalized spacial score (nSPS) is 12.4. The largest absolute Gasteiger partial charge is 0.481 e. The third-order valence-corrected chi connectivity index (χ3v) is 5.87. The number of carboxylic acids is 2. The van der Waals surface area contributed by atoms with Crippen LogP contribution in [-0.2, 0) is 14.4 Å². The van der Waals surface area contributed by atoms with Gasteiger partial charge < -0.3 is 15.5 Å². The summed E-state index contributed by atoms with van der Waals surface area (Å²) in [5.74, 6) is -2.33. The highest BCUT2D eigenvalue weighted by Crippen LogP contribution is 2.12. The Labute approximate surface area is 207 Å². The Balaban J connectivity index is 3.51. The molecule has 0 aromatic heterocycles. The molecule has 0 fully saturated rings. The minimum absolute atomic E-state index is 0.0895. The number of amides is 1. The van der Waals surface area contributed by atoms with Crippen molar-refractivity contribution in [2.75, 3.05) is 0 Å². The summed E-state index contributed by atoms with van der Waals surface area (Å²) in [4.78, 5) is 33.7. The molecule has 0 bridgehead atoms. The van der Waals surface area contributed by atoms with Gasteiger partial charge in [-0.25, -0.2) is 4.79 Å². The lowest BCUT2D eigenvalue weighted by Gasteiger charge is -2.14. The van der Waals surface area contributed by atoms with Crippen LogP contribution >= 0.6 is 0 Å². The molecule has 1 amide bonds. The molecule has 0 rings (SSSR count). The monoisotopic (exact) mass is 479 g/mol. The first kappa shape index (κ1) is 31.9. The zero-order valence-electron chi connectivity index (χ0n) is 21.4. The molecule has 196 valence electrons. The van der Waals surface area contributed by atoms with Crippen LogP contribution in [0.1, 0.15) is 129 Å². The molecule has 0 heterocycles. The Bertz CT molecular complexity index is 585. The van der Waals surface area contributed by atoms with Crippen molar-refractivity contribution in [1.29, 1.82) is 0 Å². The van der Waals surface area contributed by atoms with Crippen LogP contribution < -0.4 is 5.32 Å². The number of nitrogens with one attached hydrogen (secondary N) is 1. The average molecular weight is 480 g/mol. The van der Waals surface area contributed by atoms with Gasteiger partial charge in [-0.15, -0.1) is 0 Å². The first-order valence-corrected chi connectivity index (χ1v) is 13.5. The second-order valence-electron chi connectivity index (χ2n) is 9.14. The van der Waals surface area contributed by atoms with E-state index in [1.807, 2.05) is 0 Å². The van der Waals surface area contributed by atoms with Gasteiger partial charge in [-0.2, -0.15) is 0 Å². The van der Waals surface area contributed by atoms with Crippen molar-refractivity contribution >= 4 is 17.8 Å². The van der Waals surface area contributed by atoms with Crippen LogP contribution in [0.2, 0.25) is 0 Å². The quantitative estimate of drug-likeness (QED) is 0.100. The molecule has 0 aliphatic heterocycles. The van der Waals surface area contributed by atoms with Crippen LogP contribution in [0.3, 0.4) is 0 Å². The van der Waals surface area contributed by atoms with Gasteiger partial charge in [0.05, 0.1) is 0 Å². The van der Waals surface area contributed by atoms with E-state index in [0.29, 0.717) is 6.42 Å². The summed E-state index contributed by atoms with van der Waals surface area (Å²) in [6.45, 7) is 2.23. The molecular weight excluding hydrogens is 430 g/mol. The predicted molar refractivity (Wildman–Crippen MR) is 139 cm³/mol. The van der Waals surface area contributed by atoms with Gasteiger partial charge in [-0.1, -0.05) is 89.0 Å². The van der Waals surface area contributed by atoms with Crippen molar-refractivity contribution < 1.29 is 24.6 Å². The lowest BCUT2D eigenvalue weighted by atomic mass is 10.1. The third-order valence-electron chi connectivity index (χ3n) is 5.87. The van der Waals surface area contributed by atoms with Crippen molar-refractivity contribution in [3.63, 3.8) is 0 Å². The van der Waals surface area contributed by atoms with Crippen LogP contribution in [-0.4, -0.2) is 34.1 Å². The minimum atomic E-state index is -1.11. The highest BCUT2D eigenvalue weighted by Gasteiger charge is 2.19. The number of aliphatic carboxylic acids is 2. The fraction of sp³-hybridized carbons (Fsp3) is 0.750. The summed E-state index contributed by atoms with van der Waals surface area (Å²) in [6, 6.07) is -1.00. The van der Waals surface area contributed by atoms with E-state index >= 15 is 0 Å². The lowest BCUT2D eigenvalue weighted by Crippen LogP contribution is -2.40. The molecule has 0 radical (unpaired) electrons. The second kappa shape index (κ2) is 24.0. The van der Waals surface area contributed by atoms with Gasteiger partial charge in [-0.3, -0.25) is 9.59 Å². The Morgan fingerprint density at radius 2 is 1.21 bits per heavy atom. The highest BCUT2D eigenvalue weighted by atomic mass is 16.4. The van der Waals surface area contributed by atoms with E-state index in [1.165, 1.54) is 70.6 Å². The van der Waals surface area contributed by atoms with Crippen molar-refractivity contribution in [3.8, 4) is 0 Å². The summed E-state index contributed by atoms with van der Waals surface area (Å²) in [5.41, 5.74) is 0. The van der Waals surface area contributed by atoms with Gasteiger partial charge in [0.15, 0.2) is 0 Å². The van der Waals surface area contributed by atoms with E-state index in [2.05, 4.69) is 36.5 Å². The molecule has 0 aliphatic rings. The molecule has 0 aliphatic carbocycles. The molecule has 34 heavy (non-hydrogen) atoms. The first-order chi connectivity index (χ1) is 16.5. The molecule has 0 unspecified atom stereocenters. The number of allylic oxidation sites excluding steroid dienone is 4. The minimum Gasteiger partial charge on any atom is -0.481 e. The molecule has 3 N–H and O–H groups in total. The molecule has 0 spiro atoms. The van der Waals surface area contributed by atoms with E-state index in [-0.39, 0.29) is 25.2 Å². The molecule has 6 heteroatoms. The van der Waals surface area contributed by atoms with Gasteiger partial charge in [-0.05, 0) is 51.4 Å². The smallest absolute Gasteiger partial charge is 0.326 e. The molecule has 0 saturated carbocycles. The number of hydrogen-bond donors (Lipinski definition) is 3. The predicted octanol–water partition coefficient (Wildman–Crippen LogP) is 7.18. The van der Waals surface area contributed by atoms with Crippen LogP contribution in [0.4, 0.5) is 0 Å². The summed E-state index contributed by atoms with van der Waals surface area (Å²) in [6.07, 6.45) is 27.5. The molecule has 0 saturated heterocycles. The maximum Gasteiger partial charge on any atom is 0.326 e. The van der Waals surface area contributed by atoms with Gasteiger partial charge in [0.1, 0.15) is 6.04 Å². The SMILES string of the molecule is CCCCC/C=C\C/C=C\CCCCCCCCCCCC(=O)N[C@H](CCCC(=O)O)C(=O)O. The summed E-state index contributed by atoms with van der Waals surface area (Å²) in [5, 5.41) is 20.3. The summed E-state index contributed by atoms with van der Waals surface area (Å²) >= 11 is 0. The van der Waals surface area contributed by atoms with Crippen molar-refractivity contribution in [1.82, 2.24) is 5.32 Å². The molecule has 0 aromatic carbocycles.